The molecule has 2 aromatic carbocycles. The Morgan fingerprint density at radius 1 is 0.767 bits per heavy atom. The molecular weight excluding hydrogens is 560 g/mol. The standard InChI is InChI=1S/C36H48ClN2O4/c1-3-4-5-6-7-8-9-10-11-12-13-17-26-42-34-21-20-31(27-33(34)37)29-43-36(41)39(28-30-22-24-38(2)25-23-30)35(40)32-18-15-14-16-19-32/h14-16,18-25,27H,3-13,17,26,28-29H2,1-2H3/q+1. The maximum Gasteiger partial charge on any atom is 0.417 e. The highest BCUT2D eigenvalue weighted by atomic mass is 35.5. The number of hydrogen-bond donors (Lipinski definition) is 0. The Bertz CT molecular complexity index is 1230. The van der Waals surface area contributed by atoms with Crippen LogP contribution in [-0.4, -0.2) is 23.5 Å². The topological polar surface area (TPSA) is 59.7 Å². The van der Waals surface area contributed by atoms with Gasteiger partial charge < -0.3 is 9.47 Å². The molecule has 0 spiro atoms. The molecule has 0 aliphatic carbocycles. The molecule has 3 aromatic rings. The van der Waals surface area contributed by atoms with Crippen LogP contribution in [0.1, 0.15) is 105 Å². The SMILES string of the molecule is CCCCCCCCCCCCCCOc1ccc(COC(=O)N(Cc2cc[n+](C)cc2)C(=O)c2ccccc2)cc1Cl. The fourth-order valence-electron chi connectivity index (χ4n) is 4.88. The van der Waals surface area contributed by atoms with Gasteiger partial charge in [-0.3, -0.25) is 4.79 Å². The van der Waals surface area contributed by atoms with Crippen LogP contribution in [0.15, 0.2) is 73.1 Å². The van der Waals surface area contributed by atoms with Crippen LogP contribution < -0.4 is 9.30 Å². The maximum atomic E-state index is 13.2. The van der Waals surface area contributed by atoms with Crippen molar-refractivity contribution in [3.05, 3.63) is 94.8 Å². The molecule has 6 nitrogen and oxygen atoms in total. The fourth-order valence-corrected chi connectivity index (χ4v) is 5.13. The van der Waals surface area contributed by atoms with Gasteiger partial charge in [0.15, 0.2) is 12.4 Å². The van der Waals surface area contributed by atoms with Crippen LogP contribution in [0.2, 0.25) is 5.02 Å². The zero-order valence-electron chi connectivity index (χ0n) is 25.9. The number of rotatable bonds is 19. The molecule has 3 rings (SSSR count). The molecule has 0 bridgehead atoms. The molecule has 1 heterocycles. The summed E-state index contributed by atoms with van der Waals surface area (Å²) in [5.74, 6) is 0.205. The van der Waals surface area contributed by atoms with Gasteiger partial charge in [0.05, 0.1) is 18.2 Å². The number of hydrogen-bond acceptors (Lipinski definition) is 4. The molecule has 1 aromatic heterocycles. The Labute approximate surface area is 263 Å². The van der Waals surface area contributed by atoms with E-state index in [9.17, 15) is 9.59 Å². The first-order valence-corrected chi connectivity index (χ1v) is 16.2. The Morgan fingerprint density at radius 3 is 1.98 bits per heavy atom. The van der Waals surface area contributed by atoms with E-state index in [4.69, 9.17) is 21.1 Å². The summed E-state index contributed by atoms with van der Waals surface area (Å²) < 4.78 is 13.4. The smallest absolute Gasteiger partial charge is 0.417 e. The number of benzene rings is 2. The van der Waals surface area contributed by atoms with E-state index in [-0.39, 0.29) is 13.2 Å². The lowest BCUT2D eigenvalue weighted by Crippen LogP contribution is -2.37. The average Bonchev–Trinajstić information content (AvgIpc) is 3.02. The summed E-state index contributed by atoms with van der Waals surface area (Å²) in [5, 5.41) is 0.474. The monoisotopic (exact) mass is 607 g/mol. The second-order valence-corrected chi connectivity index (χ2v) is 11.6. The third kappa shape index (κ3) is 12.8. The van der Waals surface area contributed by atoms with Crippen molar-refractivity contribution in [3.63, 3.8) is 0 Å². The minimum Gasteiger partial charge on any atom is -0.492 e. The van der Waals surface area contributed by atoms with E-state index in [1.165, 1.54) is 64.2 Å². The Balaban J connectivity index is 1.41. The van der Waals surface area contributed by atoms with Crippen LogP contribution in [-0.2, 0) is 24.9 Å². The van der Waals surface area contributed by atoms with E-state index in [2.05, 4.69) is 6.92 Å². The molecule has 43 heavy (non-hydrogen) atoms. The molecule has 232 valence electrons. The van der Waals surface area contributed by atoms with Gasteiger partial charge in [-0.05, 0) is 41.8 Å². The zero-order valence-corrected chi connectivity index (χ0v) is 26.7. The molecule has 0 aliphatic heterocycles. The van der Waals surface area contributed by atoms with E-state index >= 15 is 0 Å². The molecule has 0 atom stereocenters. The number of aromatic nitrogens is 1. The predicted molar refractivity (Wildman–Crippen MR) is 172 cm³/mol. The van der Waals surface area contributed by atoms with Crippen LogP contribution >= 0.6 is 11.6 Å². The lowest BCUT2D eigenvalue weighted by molar-refractivity contribution is -0.671. The molecular formula is C36H48ClN2O4+. The molecule has 0 radical (unpaired) electrons. The van der Waals surface area contributed by atoms with E-state index < -0.39 is 12.0 Å². The summed E-state index contributed by atoms with van der Waals surface area (Å²) in [6.07, 6.45) is 18.6. The molecule has 0 fully saturated rings. The van der Waals surface area contributed by atoms with Crippen molar-refractivity contribution >= 4 is 23.6 Å². The summed E-state index contributed by atoms with van der Waals surface area (Å²) in [7, 11) is 1.91. The van der Waals surface area contributed by atoms with Crippen LogP contribution in [0.25, 0.3) is 0 Å². The second-order valence-electron chi connectivity index (χ2n) is 11.2. The van der Waals surface area contributed by atoms with Crippen molar-refractivity contribution < 1.29 is 23.6 Å². The first kappa shape index (κ1) is 34.1. The maximum absolute atomic E-state index is 13.2. The Morgan fingerprint density at radius 2 is 1.37 bits per heavy atom. The molecule has 7 heteroatoms. The van der Waals surface area contributed by atoms with Crippen LogP contribution in [0, 0.1) is 0 Å². The number of unbranched alkanes of at least 4 members (excludes halogenated alkanes) is 11. The van der Waals surface area contributed by atoms with Crippen molar-refractivity contribution in [2.45, 2.75) is 97.1 Å². The zero-order chi connectivity index (χ0) is 30.7. The van der Waals surface area contributed by atoms with Crippen molar-refractivity contribution in [1.82, 2.24) is 4.90 Å². The van der Waals surface area contributed by atoms with Gasteiger partial charge in [0, 0.05) is 17.7 Å². The third-order valence-electron chi connectivity index (χ3n) is 7.49. The predicted octanol–water partition coefficient (Wildman–Crippen LogP) is 9.22. The van der Waals surface area contributed by atoms with Crippen molar-refractivity contribution in [1.29, 1.82) is 0 Å². The summed E-state index contributed by atoms with van der Waals surface area (Å²) in [6.45, 7) is 2.97. The van der Waals surface area contributed by atoms with Gasteiger partial charge in [-0.2, -0.15) is 0 Å². The van der Waals surface area contributed by atoms with Gasteiger partial charge >= 0.3 is 6.09 Å². The van der Waals surface area contributed by atoms with E-state index in [0.717, 1.165) is 28.9 Å². The van der Waals surface area contributed by atoms with Gasteiger partial charge in [0.1, 0.15) is 19.4 Å². The quantitative estimate of drug-likeness (QED) is 0.101. The number of halogens is 1. The average molecular weight is 608 g/mol. The highest BCUT2D eigenvalue weighted by Gasteiger charge is 2.25. The summed E-state index contributed by atoms with van der Waals surface area (Å²) in [4.78, 5) is 27.5. The molecule has 0 saturated heterocycles. The first-order chi connectivity index (χ1) is 21.0. The largest absolute Gasteiger partial charge is 0.492 e. The molecule has 0 unspecified atom stereocenters. The number of amides is 2. The van der Waals surface area contributed by atoms with E-state index in [0.29, 0.717) is 22.9 Å². The van der Waals surface area contributed by atoms with Crippen LogP contribution in [0.3, 0.4) is 0 Å². The minimum atomic E-state index is -0.717. The lowest BCUT2D eigenvalue weighted by Gasteiger charge is -2.20. The highest BCUT2D eigenvalue weighted by Crippen LogP contribution is 2.26. The van der Waals surface area contributed by atoms with Crippen LogP contribution in [0.4, 0.5) is 4.79 Å². The molecule has 0 saturated carbocycles. The highest BCUT2D eigenvalue weighted by molar-refractivity contribution is 6.32. The van der Waals surface area contributed by atoms with E-state index in [1.807, 2.05) is 54.3 Å². The van der Waals surface area contributed by atoms with Gasteiger partial charge in [0.25, 0.3) is 5.91 Å². The second kappa shape index (κ2) is 19.7. The molecule has 2 amide bonds. The van der Waals surface area contributed by atoms with Gasteiger partial charge in [0.2, 0.25) is 0 Å². The van der Waals surface area contributed by atoms with Gasteiger partial charge in [-0.25, -0.2) is 14.3 Å². The Hall–Kier alpha value is -3.38. The lowest BCUT2D eigenvalue weighted by atomic mass is 10.1. The number of ether oxygens (including phenoxy) is 2. The number of nitrogens with zero attached hydrogens (tertiary/aromatic N) is 2. The summed E-state index contributed by atoms with van der Waals surface area (Å²) >= 11 is 6.48. The summed E-state index contributed by atoms with van der Waals surface area (Å²) in [5.41, 5.74) is 1.95. The fraction of sp³-hybridized carbons (Fsp3) is 0.472. The molecule has 0 N–H and O–H groups in total. The third-order valence-corrected chi connectivity index (χ3v) is 7.78. The van der Waals surface area contributed by atoms with Crippen molar-refractivity contribution in [2.75, 3.05) is 6.61 Å². The number of aryl methyl sites for hydroxylation is 1. The number of pyridine rings is 1. The van der Waals surface area contributed by atoms with Crippen molar-refractivity contribution in [3.8, 4) is 5.75 Å². The number of imide groups is 1. The normalized spacial score (nSPS) is 10.9. The van der Waals surface area contributed by atoms with Gasteiger partial charge in [-0.1, -0.05) is 113 Å². The van der Waals surface area contributed by atoms with Crippen LogP contribution in [0.5, 0.6) is 5.75 Å². The van der Waals surface area contributed by atoms with Gasteiger partial charge in [-0.15, -0.1) is 0 Å². The first-order valence-electron chi connectivity index (χ1n) is 15.9. The minimum absolute atomic E-state index is 0.0140. The van der Waals surface area contributed by atoms with E-state index in [1.54, 1.807) is 30.3 Å². The molecule has 0 aliphatic rings. The summed E-state index contributed by atoms with van der Waals surface area (Å²) in [6, 6.07) is 17.8. The van der Waals surface area contributed by atoms with Crippen molar-refractivity contribution in [2.24, 2.45) is 7.05 Å². The number of carbonyl (C=O) groups is 2. The number of carbonyl (C=O) groups excluding carboxylic acids is 2. The Kier molecular flexibility index (Phi) is 15.7.